The number of thioether (sulfide) groups is 1. The van der Waals surface area contributed by atoms with Crippen LogP contribution in [-0.4, -0.2) is 34.0 Å². The second-order valence-corrected chi connectivity index (χ2v) is 7.02. The molecule has 0 aromatic carbocycles. The van der Waals surface area contributed by atoms with Gasteiger partial charge in [0.05, 0.1) is 7.11 Å². The average molecular weight is 297 g/mol. The Morgan fingerprint density at radius 3 is 3.26 bits per heavy atom. The lowest BCUT2D eigenvalue weighted by Crippen LogP contribution is -2.26. The summed E-state index contributed by atoms with van der Waals surface area (Å²) in [5, 5.41) is 6.38. The number of aromatic nitrogens is 2. The molecule has 19 heavy (non-hydrogen) atoms. The molecular weight excluding hydrogens is 278 g/mol. The molecule has 104 valence electrons. The lowest BCUT2D eigenvalue weighted by Gasteiger charge is -2.21. The van der Waals surface area contributed by atoms with Crippen LogP contribution >= 0.6 is 23.1 Å². The number of nitrogens with one attached hydrogen (secondary N) is 1. The van der Waals surface area contributed by atoms with Crippen LogP contribution in [0.25, 0.3) is 4.96 Å². The topological polar surface area (TPSA) is 38.6 Å². The van der Waals surface area contributed by atoms with E-state index in [2.05, 4.69) is 38.0 Å². The molecule has 1 unspecified atom stereocenters. The summed E-state index contributed by atoms with van der Waals surface area (Å²) in [6, 6.07) is 0. The van der Waals surface area contributed by atoms with Crippen molar-refractivity contribution < 1.29 is 4.74 Å². The number of thiazole rings is 1. The van der Waals surface area contributed by atoms with Crippen molar-refractivity contribution >= 4 is 28.1 Å². The van der Waals surface area contributed by atoms with Gasteiger partial charge in [-0.1, -0.05) is 6.42 Å². The maximum Gasteiger partial charge on any atom is 0.237 e. The first kappa shape index (κ1) is 13.3. The zero-order valence-electron chi connectivity index (χ0n) is 11.1. The van der Waals surface area contributed by atoms with E-state index >= 15 is 0 Å². The Hall–Kier alpha value is -0.720. The summed E-state index contributed by atoms with van der Waals surface area (Å²) in [5.74, 6) is 2.06. The van der Waals surface area contributed by atoms with Crippen LogP contribution in [0.2, 0.25) is 0 Å². The third-order valence-electron chi connectivity index (χ3n) is 3.46. The molecule has 1 N–H and O–H groups in total. The van der Waals surface area contributed by atoms with Crippen LogP contribution in [0, 0.1) is 0 Å². The highest BCUT2D eigenvalue weighted by Crippen LogP contribution is 2.25. The maximum atomic E-state index is 5.36. The first-order chi connectivity index (χ1) is 9.38. The molecule has 3 rings (SSSR count). The van der Waals surface area contributed by atoms with Crippen molar-refractivity contribution in [3.63, 3.8) is 0 Å². The fourth-order valence-electron chi connectivity index (χ4n) is 2.46. The summed E-state index contributed by atoms with van der Waals surface area (Å²) >= 11 is 3.74. The Morgan fingerprint density at radius 2 is 2.47 bits per heavy atom. The van der Waals surface area contributed by atoms with Gasteiger partial charge < -0.3 is 10.1 Å². The van der Waals surface area contributed by atoms with Crippen molar-refractivity contribution in [1.82, 2.24) is 14.7 Å². The van der Waals surface area contributed by atoms with E-state index in [0.29, 0.717) is 0 Å². The molecule has 2 aromatic heterocycles. The second kappa shape index (κ2) is 6.15. The highest BCUT2D eigenvalue weighted by atomic mass is 32.2. The number of nitrogens with zero attached hydrogens (tertiary/aromatic N) is 2. The first-order valence-electron chi connectivity index (χ1n) is 6.69. The van der Waals surface area contributed by atoms with Crippen molar-refractivity contribution in [2.24, 2.45) is 0 Å². The summed E-state index contributed by atoms with van der Waals surface area (Å²) in [6.07, 6.45) is 6.16. The van der Waals surface area contributed by atoms with E-state index in [0.717, 1.165) is 34.9 Å². The molecule has 1 saturated heterocycles. The minimum Gasteiger partial charge on any atom is -0.480 e. The van der Waals surface area contributed by atoms with E-state index in [-0.39, 0.29) is 0 Å². The molecule has 6 heteroatoms. The van der Waals surface area contributed by atoms with E-state index in [1.165, 1.54) is 25.0 Å². The number of hydrogen-bond donors (Lipinski definition) is 1. The molecule has 0 spiro atoms. The number of imidazole rings is 1. The van der Waals surface area contributed by atoms with Gasteiger partial charge in [-0.2, -0.15) is 16.7 Å². The molecule has 2 aromatic rings. The Kier molecular flexibility index (Phi) is 4.30. The van der Waals surface area contributed by atoms with Gasteiger partial charge in [-0.25, -0.2) is 0 Å². The molecule has 0 aliphatic carbocycles. The second-order valence-electron chi connectivity index (χ2n) is 4.74. The highest BCUT2D eigenvalue weighted by molar-refractivity contribution is 7.99. The largest absolute Gasteiger partial charge is 0.480 e. The maximum absolute atomic E-state index is 5.36. The van der Waals surface area contributed by atoms with Crippen LogP contribution in [0.5, 0.6) is 5.88 Å². The SMILES string of the molecule is COc1nc2sccn2c1CNCC1CCCCS1. The van der Waals surface area contributed by atoms with E-state index in [1.54, 1.807) is 18.4 Å². The lowest BCUT2D eigenvalue weighted by atomic mass is 10.2. The summed E-state index contributed by atoms with van der Waals surface area (Å²) in [5.41, 5.74) is 1.12. The predicted molar refractivity (Wildman–Crippen MR) is 81.4 cm³/mol. The van der Waals surface area contributed by atoms with Crippen molar-refractivity contribution in [3.8, 4) is 5.88 Å². The fraction of sp³-hybridized carbons (Fsp3) is 0.615. The molecule has 4 nitrogen and oxygen atoms in total. The number of ether oxygens (including phenoxy) is 1. The van der Waals surface area contributed by atoms with E-state index in [4.69, 9.17) is 4.74 Å². The Labute approximate surface area is 121 Å². The van der Waals surface area contributed by atoms with Gasteiger partial charge in [-0.15, -0.1) is 11.3 Å². The third kappa shape index (κ3) is 2.90. The molecule has 3 heterocycles. The monoisotopic (exact) mass is 297 g/mol. The van der Waals surface area contributed by atoms with Crippen LogP contribution in [0.4, 0.5) is 0 Å². The molecule has 1 aliphatic heterocycles. The summed E-state index contributed by atoms with van der Waals surface area (Å²) in [7, 11) is 1.69. The molecule has 1 fully saturated rings. The van der Waals surface area contributed by atoms with Crippen molar-refractivity contribution in [3.05, 3.63) is 17.3 Å². The molecule has 1 atom stereocenters. The molecule has 1 aliphatic rings. The van der Waals surface area contributed by atoms with Crippen molar-refractivity contribution in [1.29, 1.82) is 0 Å². The summed E-state index contributed by atoms with van der Waals surface area (Å²) in [6.45, 7) is 1.89. The summed E-state index contributed by atoms with van der Waals surface area (Å²) < 4.78 is 7.48. The first-order valence-corrected chi connectivity index (χ1v) is 8.62. The van der Waals surface area contributed by atoms with Gasteiger partial charge in [0.2, 0.25) is 5.88 Å². The zero-order chi connectivity index (χ0) is 13.1. The van der Waals surface area contributed by atoms with Crippen LogP contribution in [0.1, 0.15) is 25.0 Å². The van der Waals surface area contributed by atoms with Crippen LogP contribution in [0.15, 0.2) is 11.6 Å². The molecular formula is C13H19N3OS2. The van der Waals surface area contributed by atoms with Crippen LogP contribution in [0.3, 0.4) is 0 Å². The van der Waals surface area contributed by atoms with Gasteiger partial charge in [0.25, 0.3) is 0 Å². The standard InChI is InChI=1S/C13H19N3OS2/c1-17-12-11(16-5-7-19-13(16)15-12)9-14-8-10-4-2-3-6-18-10/h5,7,10,14H,2-4,6,8-9H2,1H3. The minimum atomic E-state index is 0.746. The lowest BCUT2D eigenvalue weighted by molar-refractivity contribution is 0.392. The van der Waals surface area contributed by atoms with Gasteiger partial charge in [-0.05, 0) is 18.6 Å². The Bertz CT molecular complexity index is 531. The molecule has 0 amide bonds. The van der Waals surface area contributed by atoms with Crippen LogP contribution in [-0.2, 0) is 6.54 Å². The molecule has 0 saturated carbocycles. The van der Waals surface area contributed by atoms with E-state index < -0.39 is 0 Å². The van der Waals surface area contributed by atoms with Crippen LogP contribution < -0.4 is 10.1 Å². The van der Waals surface area contributed by atoms with Gasteiger partial charge in [0.1, 0.15) is 5.69 Å². The van der Waals surface area contributed by atoms with Crippen molar-refractivity contribution in [2.45, 2.75) is 31.1 Å². The quantitative estimate of drug-likeness (QED) is 0.921. The highest BCUT2D eigenvalue weighted by Gasteiger charge is 2.16. The fourth-order valence-corrected chi connectivity index (χ4v) is 4.45. The van der Waals surface area contributed by atoms with Crippen molar-refractivity contribution in [2.75, 3.05) is 19.4 Å². The smallest absolute Gasteiger partial charge is 0.237 e. The minimum absolute atomic E-state index is 0.746. The van der Waals surface area contributed by atoms with E-state index in [1.807, 2.05) is 0 Å². The number of hydrogen-bond acceptors (Lipinski definition) is 5. The van der Waals surface area contributed by atoms with Gasteiger partial charge in [0, 0.05) is 29.9 Å². The Balaban J connectivity index is 1.62. The number of methoxy groups -OCH3 is 1. The molecule has 0 bridgehead atoms. The van der Waals surface area contributed by atoms with Gasteiger partial charge >= 0.3 is 0 Å². The van der Waals surface area contributed by atoms with Gasteiger partial charge in [0.15, 0.2) is 4.96 Å². The zero-order valence-corrected chi connectivity index (χ0v) is 12.7. The summed E-state index contributed by atoms with van der Waals surface area (Å²) in [4.78, 5) is 5.47. The normalized spacial score (nSPS) is 19.9. The number of fused-ring (bicyclic) bond motifs is 1. The number of rotatable bonds is 5. The third-order valence-corrected chi connectivity index (χ3v) is 5.61. The van der Waals surface area contributed by atoms with Gasteiger partial charge in [-0.3, -0.25) is 4.40 Å². The Morgan fingerprint density at radius 1 is 1.53 bits per heavy atom. The average Bonchev–Trinajstić information content (AvgIpc) is 3.02. The predicted octanol–water partition coefficient (Wildman–Crippen LogP) is 2.78. The molecule has 0 radical (unpaired) electrons. The van der Waals surface area contributed by atoms with E-state index in [9.17, 15) is 0 Å².